The smallest absolute Gasteiger partial charge is 0.0576 e. The second-order valence-electron chi connectivity index (χ2n) is 4.54. The molecule has 1 unspecified atom stereocenters. The van der Waals surface area contributed by atoms with E-state index in [2.05, 4.69) is 13.2 Å². The molecule has 0 amide bonds. The molecular formula is C12H24OS. The van der Waals surface area contributed by atoms with Crippen LogP contribution in [0.1, 0.15) is 45.4 Å². The van der Waals surface area contributed by atoms with Gasteiger partial charge in [-0.25, -0.2) is 0 Å². The summed E-state index contributed by atoms with van der Waals surface area (Å²) in [7, 11) is 0. The fourth-order valence-electron chi connectivity index (χ4n) is 2.46. The Morgan fingerprint density at radius 1 is 1.29 bits per heavy atom. The molecule has 0 radical (unpaired) electrons. The van der Waals surface area contributed by atoms with Crippen molar-refractivity contribution in [3.05, 3.63) is 0 Å². The van der Waals surface area contributed by atoms with Gasteiger partial charge in [0.25, 0.3) is 0 Å². The summed E-state index contributed by atoms with van der Waals surface area (Å²) in [5.41, 5.74) is 0. The Kier molecular flexibility index (Phi) is 5.95. The van der Waals surface area contributed by atoms with Crippen LogP contribution in [0.3, 0.4) is 0 Å². The Hall–Kier alpha value is 0.310. The zero-order valence-electron chi connectivity index (χ0n) is 9.54. The second-order valence-corrected chi connectivity index (χ2v) is 5.52. The summed E-state index contributed by atoms with van der Waals surface area (Å²) in [5, 5.41) is 9.95. The van der Waals surface area contributed by atoms with E-state index in [0.717, 1.165) is 18.1 Å². The molecule has 1 aliphatic carbocycles. The summed E-state index contributed by atoms with van der Waals surface area (Å²) >= 11 is 1.84. The molecule has 0 aromatic rings. The van der Waals surface area contributed by atoms with E-state index in [4.69, 9.17) is 0 Å². The van der Waals surface area contributed by atoms with Gasteiger partial charge in [0.05, 0.1) is 6.10 Å². The van der Waals surface area contributed by atoms with Crippen molar-refractivity contribution in [2.24, 2.45) is 11.8 Å². The molecule has 1 N–H and O–H groups in total. The molecule has 0 bridgehead atoms. The van der Waals surface area contributed by atoms with E-state index >= 15 is 0 Å². The normalized spacial score (nSPS) is 30.2. The first-order valence-electron chi connectivity index (χ1n) is 5.95. The third-order valence-electron chi connectivity index (χ3n) is 3.63. The largest absolute Gasteiger partial charge is 0.393 e. The summed E-state index contributed by atoms with van der Waals surface area (Å²) in [6, 6.07) is 0. The monoisotopic (exact) mass is 216 g/mol. The van der Waals surface area contributed by atoms with Gasteiger partial charge in [0.2, 0.25) is 0 Å². The Morgan fingerprint density at radius 2 is 1.93 bits per heavy atom. The molecule has 1 atom stereocenters. The van der Waals surface area contributed by atoms with Crippen LogP contribution < -0.4 is 0 Å². The summed E-state index contributed by atoms with van der Waals surface area (Å²) in [5.74, 6) is 2.65. The number of thioether (sulfide) groups is 1. The van der Waals surface area contributed by atoms with Crippen LogP contribution in [-0.2, 0) is 0 Å². The number of aliphatic hydroxyl groups excluding tert-OH is 1. The van der Waals surface area contributed by atoms with Crippen molar-refractivity contribution in [3.63, 3.8) is 0 Å². The van der Waals surface area contributed by atoms with E-state index in [1.165, 1.54) is 32.1 Å². The minimum absolute atomic E-state index is 0.0275. The number of aliphatic hydroxyl groups is 1. The molecule has 1 fully saturated rings. The van der Waals surface area contributed by atoms with Crippen molar-refractivity contribution >= 4 is 11.8 Å². The van der Waals surface area contributed by atoms with Crippen LogP contribution in [0.5, 0.6) is 0 Å². The van der Waals surface area contributed by atoms with E-state index in [1.807, 2.05) is 11.8 Å². The Labute approximate surface area is 92.7 Å². The summed E-state index contributed by atoms with van der Waals surface area (Å²) in [6.07, 6.45) is 9.61. The lowest BCUT2D eigenvalue weighted by Gasteiger charge is -2.30. The van der Waals surface area contributed by atoms with Crippen molar-refractivity contribution in [1.82, 2.24) is 0 Å². The van der Waals surface area contributed by atoms with E-state index in [9.17, 15) is 5.11 Å². The van der Waals surface area contributed by atoms with Crippen LogP contribution in [0, 0.1) is 11.8 Å². The molecule has 1 saturated carbocycles. The fourth-order valence-corrected chi connectivity index (χ4v) is 2.93. The highest BCUT2D eigenvalue weighted by Crippen LogP contribution is 2.33. The SMILES string of the molecule is CCC1CCC(C(O)CCSC)CC1. The molecule has 0 aliphatic heterocycles. The lowest BCUT2D eigenvalue weighted by Crippen LogP contribution is -2.26. The lowest BCUT2D eigenvalue weighted by atomic mass is 9.78. The Morgan fingerprint density at radius 3 is 2.43 bits per heavy atom. The van der Waals surface area contributed by atoms with Gasteiger partial charge in [-0.3, -0.25) is 0 Å². The van der Waals surface area contributed by atoms with Gasteiger partial charge < -0.3 is 5.11 Å². The molecule has 0 aromatic heterocycles. The van der Waals surface area contributed by atoms with Crippen LogP contribution in [0.2, 0.25) is 0 Å². The zero-order chi connectivity index (χ0) is 10.4. The van der Waals surface area contributed by atoms with Gasteiger partial charge >= 0.3 is 0 Å². The average Bonchev–Trinajstić information content (AvgIpc) is 2.26. The highest BCUT2D eigenvalue weighted by atomic mass is 32.2. The van der Waals surface area contributed by atoms with Crippen molar-refractivity contribution in [3.8, 4) is 0 Å². The summed E-state index contributed by atoms with van der Waals surface area (Å²) in [6.45, 7) is 2.29. The van der Waals surface area contributed by atoms with Gasteiger partial charge in [0.15, 0.2) is 0 Å². The Balaban J connectivity index is 2.19. The molecule has 0 heterocycles. The maximum absolute atomic E-state index is 9.95. The minimum Gasteiger partial charge on any atom is -0.393 e. The van der Waals surface area contributed by atoms with Gasteiger partial charge in [-0.05, 0) is 43.1 Å². The predicted molar refractivity (Wildman–Crippen MR) is 64.7 cm³/mol. The molecule has 2 heteroatoms. The van der Waals surface area contributed by atoms with Crippen molar-refractivity contribution in [1.29, 1.82) is 0 Å². The molecule has 1 aliphatic rings. The maximum atomic E-state index is 9.95. The molecule has 1 nitrogen and oxygen atoms in total. The first kappa shape index (κ1) is 12.4. The summed E-state index contributed by atoms with van der Waals surface area (Å²) in [4.78, 5) is 0. The third kappa shape index (κ3) is 3.82. The van der Waals surface area contributed by atoms with Crippen LogP contribution >= 0.6 is 11.8 Å². The third-order valence-corrected chi connectivity index (χ3v) is 4.27. The quantitative estimate of drug-likeness (QED) is 0.761. The lowest BCUT2D eigenvalue weighted by molar-refractivity contribution is 0.0712. The van der Waals surface area contributed by atoms with Crippen LogP contribution in [0.15, 0.2) is 0 Å². The van der Waals surface area contributed by atoms with E-state index in [-0.39, 0.29) is 6.10 Å². The topological polar surface area (TPSA) is 20.2 Å². The molecule has 14 heavy (non-hydrogen) atoms. The van der Waals surface area contributed by atoms with Crippen molar-refractivity contribution < 1.29 is 5.11 Å². The molecule has 0 spiro atoms. The zero-order valence-corrected chi connectivity index (χ0v) is 10.4. The molecular weight excluding hydrogens is 192 g/mol. The van der Waals surface area contributed by atoms with Gasteiger partial charge in [-0.1, -0.05) is 26.2 Å². The standard InChI is InChI=1S/C12H24OS/c1-3-10-4-6-11(7-5-10)12(13)8-9-14-2/h10-13H,3-9H2,1-2H3. The minimum atomic E-state index is -0.0275. The van der Waals surface area contributed by atoms with Crippen LogP contribution in [-0.4, -0.2) is 23.2 Å². The van der Waals surface area contributed by atoms with E-state index < -0.39 is 0 Å². The number of hydrogen-bond acceptors (Lipinski definition) is 2. The molecule has 0 saturated heterocycles. The second kappa shape index (κ2) is 6.73. The van der Waals surface area contributed by atoms with Crippen LogP contribution in [0.25, 0.3) is 0 Å². The van der Waals surface area contributed by atoms with Gasteiger partial charge in [-0.2, -0.15) is 11.8 Å². The average molecular weight is 216 g/mol. The first-order chi connectivity index (χ1) is 6.77. The van der Waals surface area contributed by atoms with Gasteiger partial charge in [-0.15, -0.1) is 0 Å². The Bertz CT molecular complexity index is 141. The van der Waals surface area contributed by atoms with Crippen molar-refractivity contribution in [2.45, 2.75) is 51.6 Å². The first-order valence-corrected chi connectivity index (χ1v) is 7.34. The predicted octanol–water partition coefficient (Wildman–Crippen LogP) is 3.32. The molecule has 84 valence electrons. The summed E-state index contributed by atoms with van der Waals surface area (Å²) < 4.78 is 0. The highest BCUT2D eigenvalue weighted by molar-refractivity contribution is 7.98. The van der Waals surface area contributed by atoms with Gasteiger partial charge in [0, 0.05) is 0 Å². The van der Waals surface area contributed by atoms with E-state index in [1.54, 1.807) is 0 Å². The maximum Gasteiger partial charge on any atom is 0.0576 e. The molecule has 1 rings (SSSR count). The fraction of sp³-hybridized carbons (Fsp3) is 1.00. The van der Waals surface area contributed by atoms with Crippen LogP contribution in [0.4, 0.5) is 0 Å². The van der Waals surface area contributed by atoms with Gasteiger partial charge in [0.1, 0.15) is 0 Å². The number of rotatable bonds is 5. The van der Waals surface area contributed by atoms with Crippen molar-refractivity contribution in [2.75, 3.05) is 12.0 Å². The molecule has 0 aromatic carbocycles. The number of hydrogen-bond donors (Lipinski definition) is 1. The van der Waals surface area contributed by atoms with E-state index in [0.29, 0.717) is 5.92 Å². The highest BCUT2D eigenvalue weighted by Gasteiger charge is 2.25.